The van der Waals surface area contributed by atoms with Gasteiger partial charge in [0.15, 0.2) is 0 Å². The van der Waals surface area contributed by atoms with Crippen LogP contribution in [-0.4, -0.2) is 6.04 Å². The van der Waals surface area contributed by atoms with Crippen LogP contribution in [-0.2, 0) is 13.2 Å². The van der Waals surface area contributed by atoms with Gasteiger partial charge in [-0.05, 0) is 48.2 Å². The van der Waals surface area contributed by atoms with Crippen molar-refractivity contribution in [3.05, 3.63) is 65.5 Å². The van der Waals surface area contributed by atoms with Crippen LogP contribution in [0.4, 0.5) is 4.39 Å². The molecule has 0 radical (unpaired) electrons. The summed E-state index contributed by atoms with van der Waals surface area (Å²) in [5.41, 5.74) is 2.22. The Hall–Kier alpha value is -1.58. The summed E-state index contributed by atoms with van der Waals surface area (Å²) in [6.45, 7) is 1.35. The molecule has 0 amide bonds. The molecule has 2 nitrogen and oxygen atoms in total. The molecular weight excluding hydrogens is 349 g/mol. The molecule has 2 aromatic carbocycles. The second-order valence-corrected chi connectivity index (χ2v) is 6.99. The molecule has 0 atom stereocenters. The van der Waals surface area contributed by atoms with Gasteiger partial charge in [0, 0.05) is 12.6 Å². The maximum Gasteiger partial charge on any atom is 0.123 e. The first-order valence-electron chi connectivity index (χ1n) is 9.49. The van der Waals surface area contributed by atoms with Gasteiger partial charge in [0.2, 0.25) is 0 Å². The van der Waals surface area contributed by atoms with Crippen molar-refractivity contribution < 1.29 is 9.13 Å². The van der Waals surface area contributed by atoms with Gasteiger partial charge in [-0.15, -0.1) is 12.4 Å². The largest absolute Gasteiger partial charge is 0.489 e. The first-order chi connectivity index (χ1) is 12.3. The van der Waals surface area contributed by atoms with Crippen LogP contribution in [0.5, 0.6) is 5.75 Å². The van der Waals surface area contributed by atoms with Crippen LogP contribution in [0, 0.1) is 5.82 Å². The average molecular weight is 378 g/mol. The van der Waals surface area contributed by atoms with Gasteiger partial charge in [-0.1, -0.05) is 56.4 Å². The molecule has 0 aliphatic heterocycles. The summed E-state index contributed by atoms with van der Waals surface area (Å²) in [6.07, 6.45) is 9.44. The smallest absolute Gasteiger partial charge is 0.123 e. The highest BCUT2D eigenvalue weighted by Crippen LogP contribution is 2.19. The molecule has 1 saturated carbocycles. The zero-order valence-corrected chi connectivity index (χ0v) is 16.1. The van der Waals surface area contributed by atoms with Crippen molar-refractivity contribution >= 4 is 12.4 Å². The monoisotopic (exact) mass is 377 g/mol. The molecule has 2 aromatic rings. The summed E-state index contributed by atoms with van der Waals surface area (Å²) in [4.78, 5) is 0. The Bertz CT molecular complexity index is 639. The highest BCUT2D eigenvalue weighted by atomic mass is 35.5. The van der Waals surface area contributed by atoms with Crippen LogP contribution in [0.25, 0.3) is 0 Å². The van der Waals surface area contributed by atoms with E-state index in [1.54, 1.807) is 12.1 Å². The average Bonchev–Trinajstić information content (AvgIpc) is 2.61. The number of hydrogen-bond acceptors (Lipinski definition) is 2. The van der Waals surface area contributed by atoms with E-state index in [4.69, 9.17) is 4.74 Å². The van der Waals surface area contributed by atoms with Crippen LogP contribution in [0.3, 0.4) is 0 Å². The summed E-state index contributed by atoms with van der Waals surface area (Å²) in [5, 5.41) is 3.72. The highest BCUT2D eigenvalue weighted by molar-refractivity contribution is 5.85. The lowest BCUT2D eigenvalue weighted by Gasteiger charge is -2.21. The number of nitrogens with one attached hydrogen (secondary N) is 1. The van der Waals surface area contributed by atoms with Crippen molar-refractivity contribution in [2.45, 2.75) is 64.1 Å². The van der Waals surface area contributed by atoms with Gasteiger partial charge in [-0.3, -0.25) is 0 Å². The molecule has 0 unspecified atom stereocenters. The van der Waals surface area contributed by atoms with Crippen molar-refractivity contribution in [1.82, 2.24) is 5.32 Å². The molecule has 4 heteroatoms. The fraction of sp³-hybridized carbons (Fsp3) is 0.455. The maximum atomic E-state index is 12.9. The van der Waals surface area contributed by atoms with Crippen LogP contribution >= 0.6 is 12.4 Å². The van der Waals surface area contributed by atoms with E-state index < -0.39 is 0 Å². The second-order valence-electron chi connectivity index (χ2n) is 6.99. The van der Waals surface area contributed by atoms with Gasteiger partial charge in [-0.25, -0.2) is 4.39 Å². The van der Waals surface area contributed by atoms with Gasteiger partial charge >= 0.3 is 0 Å². The normalized spacial score (nSPS) is 15.6. The Balaban J connectivity index is 0.00000243. The van der Waals surface area contributed by atoms with Crippen molar-refractivity contribution in [2.24, 2.45) is 0 Å². The summed E-state index contributed by atoms with van der Waals surface area (Å²) in [5.74, 6) is 0.646. The standard InChI is InChI=1S/C22H28FNO.ClH/c23-20-13-11-18(12-14-20)17-25-22-10-6-7-19(15-22)16-24-21-8-4-2-1-3-5-9-21;/h6-7,10-15,21,24H,1-5,8-9,16-17H2;1H. The van der Waals surface area contributed by atoms with E-state index >= 15 is 0 Å². The molecule has 26 heavy (non-hydrogen) atoms. The van der Waals surface area contributed by atoms with Crippen molar-refractivity contribution in [3.8, 4) is 5.75 Å². The molecule has 0 bridgehead atoms. The van der Waals surface area contributed by atoms with Gasteiger partial charge in [0.05, 0.1) is 0 Å². The SMILES string of the molecule is Cl.Fc1ccc(COc2cccc(CNC3CCCCCCC3)c2)cc1. The van der Waals surface area contributed by atoms with Crippen LogP contribution < -0.4 is 10.1 Å². The molecular formula is C22H29ClFNO. The summed E-state index contributed by atoms with van der Waals surface area (Å²) in [6, 6.07) is 15.3. The molecule has 0 heterocycles. The third-order valence-corrected chi connectivity index (χ3v) is 4.92. The predicted molar refractivity (Wildman–Crippen MR) is 107 cm³/mol. The van der Waals surface area contributed by atoms with Crippen LogP contribution in [0.1, 0.15) is 56.1 Å². The summed E-state index contributed by atoms with van der Waals surface area (Å²) >= 11 is 0. The number of halogens is 2. The number of hydrogen-bond donors (Lipinski definition) is 1. The van der Waals surface area contributed by atoms with E-state index in [0.29, 0.717) is 12.6 Å². The molecule has 1 fully saturated rings. The predicted octanol–water partition coefficient (Wildman–Crippen LogP) is 6.03. The fourth-order valence-electron chi connectivity index (χ4n) is 3.41. The Morgan fingerprint density at radius 3 is 2.31 bits per heavy atom. The molecule has 0 aromatic heterocycles. The van der Waals surface area contributed by atoms with Crippen molar-refractivity contribution in [3.63, 3.8) is 0 Å². The molecule has 1 aliphatic carbocycles. The minimum atomic E-state index is -0.217. The Kier molecular flexibility index (Phi) is 8.93. The van der Waals surface area contributed by atoms with E-state index in [-0.39, 0.29) is 18.2 Å². The van der Waals surface area contributed by atoms with Gasteiger partial charge < -0.3 is 10.1 Å². The molecule has 142 valence electrons. The van der Waals surface area contributed by atoms with Crippen molar-refractivity contribution in [2.75, 3.05) is 0 Å². The van der Waals surface area contributed by atoms with Gasteiger partial charge in [0.25, 0.3) is 0 Å². The quantitative estimate of drug-likeness (QED) is 0.663. The number of benzene rings is 2. The van der Waals surface area contributed by atoms with E-state index in [9.17, 15) is 4.39 Å². The fourth-order valence-corrected chi connectivity index (χ4v) is 3.41. The molecule has 1 aliphatic rings. The summed E-state index contributed by atoms with van der Waals surface area (Å²) in [7, 11) is 0. The second kappa shape index (κ2) is 11.2. The van der Waals surface area contributed by atoms with E-state index in [1.165, 1.54) is 62.6 Å². The van der Waals surface area contributed by atoms with Crippen molar-refractivity contribution in [1.29, 1.82) is 0 Å². The molecule has 0 spiro atoms. The number of ether oxygens (including phenoxy) is 1. The zero-order chi connectivity index (χ0) is 17.3. The minimum Gasteiger partial charge on any atom is -0.489 e. The Morgan fingerprint density at radius 1 is 0.885 bits per heavy atom. The van der Waals surface area contributed by atoms with Gasteiger partial charge in [0.1, 0.15) is 18.2 Å². The zero-order valence-electron chi connectivity index (χ0n) is 15.3. The topological polar surface area (TPSA) is 21.3 Å². The van der Waals surface area contributed by atoms with Crippen LogP contribution in [0.15, 0.2) is 48.5 Å². The summed E-state index contributed by atoms with van der Waals surface area (Å²) < 4.78 is 18.8. The molecule has 3 rings (SSSR count). The molecule has 1 N–H and O–H groups in total. The van der Waals surface area contributed by atoms with Gasteiger partial charge in [-0.2, -0.15) is 0 Å². The van der Waals surface area contributed by atoms with E-state index in [1.807, 2.05) is 12.1 Å². The Morgan fingerprint density at radius 2 is 1.58 bits per heavy atom. The first-order valence-corrected chi connectivity index (χ1v) is 9.49. The lowest BCUT2D eigenvalue weighted by atomic mass is 9.96. The molecule has 0 saturated heterocycles. The highest BCUT2D eigenvalue weighted by Gasteiger charge is 2.10. The Labute approximate surface area is 162 Å². The minimum absolute atomic E-state index is 0. The third kappa shape index (κ3) is 6.97. The van der Waals surface area contributed by atoms with E-state index in [0.717, 1.165) is 17.9 Å². The third-order valence-electron chi connectivity index (χ3n) is 4.92. The lowest BCUT2D eigenvalue weighted by molar-refractivity contribution is 0.305. The lowest BCUT2D eigenvalue weighted by Crippen LogP contribution is -2.29. The van der Waals surface area contributed by atoms with Crippen LogP contribution in [0.2, 0.25) is 0 Å². The first kappa shape index (κ1) is 20.7. The van der Waals surface area contributed by atoms with E-state index in [2.05, 4.69) is 17.4 Å². The number of rotatable bonds is 6. The maximum absolute atomic E-state index is 12.9.